The van der Waals surface area contributed by atoms with Crippen molar-refractivity contribution in [3.8, 4) is 0 Å². The summed E-state index contributed by atoms with van der Waals surface area (Å²) in [6.07, 6.45) is 0.495. The molecule has 0 spiro atoms. The quantitative estimate of drug-likeness (QED) is 0.764. The van der Waals surface area contributed by atoms with Crippen molar-refractivity contribution in [3.05, 3.63) is 35.6 Å². The number of nitrogens with zero attached hydrogens (tertiary/aromatic N) is 1. The molecular weight excluding hydrogens is 259 g/mol. The number of hydrogen-bond donors (Lipinski definition) is 2. The molecule has 0 bridgehead atoms. The van der Waals surface area contributed by atoms with Gasteiger partial charge in [0, 0.05) is 39.3 Å². The maximum Gasteiger partial charge on any atom is 0.123 e. The largest absolute Gasteiger partial charge is 0.390 e. The Morgan fingerprint density at radius 1 is 1.50 bits per heavy atom. The Bertz CT molecular complexity index is 417. The van der Waals surface area contributed by atoms with E-state index < -0.39 is 6.10 Å². The van der Waals surface area contributed by atoms with E-state index in [4.69, 9.17) is 4.74 Å². The lowest BCUT2D eigenvalue weighted by atomic mass is 10.0. The zero-order chi connectivity index (χ0) is 14.4. The second-order valence-electron chi connectivity index (χ2n) is 5.27. The SMILES string of the molecule is COCCN[C@@H]1CCN(Cc2cccc(F)c2)C[C@H]1O. The summed E-state index contributed by atoms with van der Waals surface area (Å²) in [4.78, 5) is 2.16. The molecule has 1 aromatic carbocycles. The van der Waals surface area contributed by atoms with Gasteiger partial charge in [-0.05, 0) is 24.1 Å². The predicted octanol–water partition coefficient (Wildman–Crippen LogP) is 0.997. The average Bonchev–Trinajstić information content (AvgIpc) is 2.41. The molecule has 1 heterocycles. The molecule has 4 nitrogen and oxygen atoms in total. The first kappa shape index (κ1) is 15.4. The molecule has 2 atom stereocenters. The number of rotatable bonds is 6. The maximum atomic E-state index is 13.1. The number of aliphatic hydroxyl groups excluding tert-OH is 1. The fourth-order valence-corrected chi connectivity index (χ4v) is 2.62. The standard InChI is InChI=1S/C15H23FN2O2/c1-20-8-6-17-14-5-7-18(11-15(14)19)10-12-3-2-4-13(16)9-12/h2-4,9,14-15,17,19H,5-8,10-11H2,1H3/t14-,15-/m1/s1. The first-order valence-electron chi connectivity index (χ1n) is 7.06. The van der Waals surface area contributed by atoms with Crippen LogP contribution in [0.3, 0.4) is 0 Å². The van der Waals surface area contributed by atoms with E-state index in [9.17, 15) is 9.50 Å². The van der Waals surface area contributed by atoms with E-state index in [0.29, 0.717) is 19.7 Å². The van der Waals surface area contributed by atoms with Crippen molar-refractivity contribution in [1.29, 1.82) is 0 Å². The van der Waals surface area contributed by atoms with Crippen LogP contribution in [-0.4, -0.2) is 55.5 Å². The molecule has 0 radical (unpaired) electrons. The van der Waals surface area contributed by atoms with Gasteiger partial charge in [-0.1, -0.05) is 12.1 Å². The van der Waals surface area contributed by atoms with Crippen molar-refractivity contribution in [1.82, 2.24) is 10.2 Å². The summed E-state index contributed by atoms with van der Waals surface area (Å²) in [6, 6.07) is 6.76. The molecule has 0 aliphatic carbocycles. The van der Waals surface area contributed by atoms with E-state index in [1.807, 2.05) is 6.07 Å². The van der Waals surface area contributed by atoms with Gasteiger partial charge >= 0.3 is 0 Å². The van der Waals surface area contributed by atoms with Crippen molar-refractivity contribution in [2.45, 2.75) is 25.1 Å². The van der Waals surface area contributed by atoms with Crippen LogP contribution in [0.25, 0.3) is 0 Å². The van der Waals surface area contributed by atoms with Crippen molar-refractivity contribution in [3.63, 3.8) is 0 Å². The minimum absolute atomic E-state index is 0.119. The molecule has 20 heavy (non-hydrogen) atoms. The van der Waals surface area contributed by atoms with Crippen LogP contribution in [0, 0.1) is 5.82 Å². The third-order valence-electron chi connectivity index (χ3n) is 3.67. The summed E-state index contributed by atoms with van der Waals surface area (Å²) in [7, 11) is 1.67. The molecule has 2 N–H and O–H groups in total. The number of benzene rings is 1. The number of halogens is 1. The van der Waals surface area contributed by atoms with Crippen LogP contribution in [0.1, 0.15) is 12.0 Å². The highest BCUT2D eigenvalue weighted by molar-refractivity contribution is 5.16. The molecule has 0 saturated carbocycles. The smallest absolute Gasteiger partial charge is 0.123 e. The van der Waals surface area contributed by atoms with Crippen LogP contribution in [-0.2, 0) is 11.3 Å². The lowest BCUT2D eigenvalue weighted by Gasteiger charge is -2.36. The van der Waals surface area contributed by atoms with Gasteiger partial charge in [0.15, 0.2) is 0 Å². The van der Waals surface area contributed by atoms with E-state index in [2.05, 4.69) is 10.2 Å². The van der Waals surface area contributed by atoms with Crippen LogP contribution in [0.2, 0.25) is 0 Å². The highest BCUT2D eigenvalue weighted by Crippen LogP contribution is 2.15. The molecular formula is C15H23FN2O2. The van der Waals surface area contributed by atoms with Crippen LogP contribution in [0.4, 0.5) is 4.39 Å². The number of nitrogens with one attached hydrogen (secondary N) is 1. The number of ether oxygens (including phenoxy) is 1. The van der Waals surface area contributed by atoms with Crippen LogP contribution in [0.15, 0.2) is 24.3 Å². The van der Waals surface area contributed by atoms with Crippen molar-refractivity contribution in [2.24, 2.45) is 0 Å². The first-order chi connectivity index (χ1) is 9.69. The second-order valence-corrected chi connectivity index (χ2v) is 5.27. The summed E-state index contributed by atoms with van der Waals surface area (Å²) >= 11 is 0. The van der Waals surface area contributed by atoms with Crippen LogP contribution < -0.4 is 5.32 Å². The average molecular weight is 282 g/mol. The fourth-order valence-electron chi connectivity index (χ4n) is 2.62. The maximum absolute atomic E-state index is 13.1. The highest BCUT2D eigenvalue weighted by atomic mass is 19.1. The van der Waals surface area contributed by atoms with Gasteiger partial charge in [-0.3, -0.25) is 4.90 Å². The van der Waals surface area contributed by atoms with Gasteiger partial charge in [0.2, 0.25) is 0 Å². The van der Waals surface area contributed by atoms with Gasteiger partial charge in [0.1, 0.15) is 5.82 Å². The number of piperidine rings is 1. The number of aliphatic hydroxyl groups is 1. The Labute approximate surface area is 119 Å². The van der Waals surface area contributed by atoms with Gasteiger partial charge in [-0.25, -0.2) is 4.39 Å². The first-order valence-corrected chi connectivity index (χ1v) is 7.06. The van der Waals surface area contributed by atoms with E-state index in [1.54, 1.807) is 19.2 Å². The van der Waals surface area contributed by atoms with E-state index >= 15 is 0 Å². The minimum atomic E-state index is -0.394. The van der Waals surface area contributed by atoms with Crippen LogP contribution in [0.5, 0.6) is 0 Å². The van der Waals surface area contributed by atoms with Gasteiger partial charge in [0.25, 0.3) is 0 Å². The van der Waals surface area contributed by atoms with E-state index in [-0.39, 0.29) is 11.9 Å². The summed E-state index contributed by atoms with van der Waals surface area (Å²) in [5.74, 6) is -0.209. The monoisotopic (exact) mass is 282 g/mol. The summed E-state index contributed by atoms with van der Waals surface area (Å²) in [6.45, 7) is 3.59. The Morgan fingerprint density at radius 3 is 3.05 bits per heavy atom. The molecule has 0 aromatic heterocycles. The lowest BCUT2D eigenvalue weighted by Crippen LogP contribution is -2.52. The normalized spacial score (nSPS) is 23.9. The Kier molecular flexibility index (Phi) is 5.91. The second kappa shape index (κ2) is 7.69. The Morgan fingerprint density at radius 2 is 2.35 bits per heavy atom. The van der Waals surface area contributed by atoms with Gasteiger partial charge in [-0.2, -0.15) is 0 Å². The summed E-state index contributed by atoms with van der Waals surface area (Å²) < 4.78 is 18.1. The van der Waals surface area contributed by atoms with E-state index in [0.717, 1.165) is 25.1 Å². The Balaban J connectivity index is 1.80. The number of methoxy groups -OCH3 is 1. The lowest BCUT2D eigenvalue weighted by molar-refractivity contribution is 0.0347. The van der Waals surface area contributed by atoms with Gasteiger partial charge in [0.05, 0.1) is 12.7 Å². The highest BCUT2D eigenvalue weighted by Gasteiger charge is 2.26. The molecule has 1 aliphatic heterocycles. The van der Waals surface area contributed by atoms with Gasteiger partial charge in [-0.15, -0.1) is 0 Å². The molecule has 0 amide bonds. The summed E-state index contributed by atoms with van der Waals surface area (Å²) in [5.41, 5.74) is 0.947. The number of likely N-dealkylation sites (tertiary alicyclic amines) is 1. The predicted molar refractivity (Wildman–Crippen MR) is 76.0 cm³/mol. The molecule has 5 heteroatoms. The van der Waals surface area contributed by atoms with Crippen molar-refractivity contribution < 1.29 is 14.2 Å². The van der Waals surface area contributed by atoms with E-state index in [1.165, 1.54) is 6.07 Å². The Hall–Kier alpha value is -1.01. The molecule has 1 fully saturated rings. The third-order valence-corrected chi connectivity index (χ3v) is 3.67. The van der Waals surface area contributed by atoms with Crippen LogP contribution >= 0.6 is 0 Å². The molecule has 1 aromatic rings. The van der Waals surface area contributed by atoms with Gasteiger partial charge < -0.3 is 15.2 Å². The molecule has 0 unspecified atom stereocenters. The van der Waals surface area contributed by atoms with Crippen molar-refractivity contribution >= 4 is 0 Å². The zero-order valence-electron chi connectivity index (χ0n) is 11.9. The third kappa shape index (κ3) is 4.52. The molecule has 2 rings (SSSR count). The number of hydrogen-bond acceptors (Lipinski definition) is 4. The fraction of sp³-hybridized carbons (Fsp3) is 0.600. The zero-order valence-corrected chi connectivity index (χ0v) is 11.9. The summed E-state index contributed by atoms with van der Waals surface area (Å²) in [5, 5.41) is 13.5. The van der Waals surface area contributed by atoms with Crippen molar-refractivity contribution in [2.75, 3.05) is 33.4 Å². The number of β-amino-alcohol motifs (C(OH)–C–C–N with tert-alkyl or cyclic N) is 1. The topological polar surface area (TPSA) is 44.7 Å². The molecule has 1 aliphatic rings. The minimum Gasteiger partial charge on any atom is -0.390 e. The molecule has 1 saturated heterocycles. The molecule has 112 valence electrons.